The Bertz CT molecular complexity index is 404. The third-order valence-corrected chi connectivity index (χ3v) is 2.08. The number of benzene rings is 1. The molecule has 2 heteroatoms. The lowest BCUT2D eigenvalue weighted by molar-refractivity contribution is 0.619. The van der Waals surface area contributed by atoms with Gasteiger partial charge >= 0.3 is 0 Å². The van der Waals surface area contributed by atoms with Crippen LogP contribution in [0, 0.1) is 12.7 Å². The molecule has 0 radical (unpaired) electrons. The Balaban J connectivity index is 2.49. The zero-order chi connectivity index (χ0) is 9.26. The van der Waals surface area contributed by atoms with E-state index < -0.39 is 0 Å². The van der Waals surface area contributed by atoms with Crippen LogP contribution < -0.4 is 0 Å². The van der Waals surface area contributed by atoms with Gasteiger partial charge in [-0.3, -0.25) is 0 Å². The van der Waals surface area contributed by atoms with Crippen LogP contribution in [0.4, 0.5) is 4.39 Å². The highest BCUT2D eigenvalue weighted by Gasteiger charge is 2.01. The lowest BCUT2D eigenvalue weighted by Gasteiger charge is -2.00. The summed E-state index contributed by atoms with van der Waals surface area (Å²) in [5, 5.41) is 0. The Kier molecular flexibility index (Phi) is 1.89. The van der Waals surface area contributed by atoms with E-state index in [1.165, 1.54) is 0 Å². The molecule has 2 rings (SSSR count). The average Bonchev–Trinajstić information content (AvgIpc) is 2.62. The Hall–Kier alpha value is -1.57. The first-order chi connectivity index (χ1) is 6.27. The van der Waals surface area contributed by atoms with E-state index in [-0.39, 0.29) is 5.82 Å². The molecule has 2 aromatic rings. The zero-order valence-electron chi connectivity index (χ0n) is 7.34. The molecule has 0 aliphatic rings. The molecule has 1 aromatic heterocycles. The van der Waals surface area contributed by atoms with E-state index in [1.54, 1.807) is 19.1 Å². The van der Waals surface area contributed by atoms with Crippen molar-refractivity contribution in [1.82, 2.24) is 4.98 Å². The summed E-state index contributed by atoms with van der Waals surface area (Å²) in [6.45, 7) is 1.76. The molecule has 0 aliphatic carbocycles. The standard InChI is InChI=1S/C11H10FN/c1-8-4-5-9(7-10(8)12)11-3-2-6-13-11/h2-7,13H,1H3. The number of halogens is 1. The van der Waals surface area contributed by atoms with Gasteiger partial charge in [0, 0.05) is 17.5 Å². The summed E-state index contributed by atoms with van der Waals surface area (Å²) in [6.07, 6.45) is 1.83. The van der Waals surface area contributed by atoms with Crippen molar-refractivity contribution in [2.45, 2.75) is 6.92 Å². The van der Waals surface area contributed by atoms with Gasteiger partial charge in [0.25, 0.3) is 0 Å². The van der Waals surface area contributed by atoms with E-state index in [0.717, 1.165) is 11.3 Å². The number of aryl methyl sites for hydroxylation is 1. The summed E-state index contributed by atoms with van der Waals surface area (Å²) >= 11 is 0. The highest BCUT2D eigenvalue weighted by atomic mass is 19.1. The minimum absolute atomic E-state index is 0.160. The number of hydrogen-bond donors (Lipinski definition) is 1. The highest BCUT2D eigenvalue weighted by molar-refractivity contribution is 5.59. The van der Waals surface area contributed by atoms with E-state index in [4.69, 9.17) is 0 Å². The maximum absolute atomic E-state index is 13.2. The van der Waals surface area contributed by atoms with Crippen LogP contribution in [0.3, 0.4) is 0 Å². The van der Waals surface area contributed by atoms with E-state index in [0.29, 0.717) is 5.56 Å². The molecule has 66 valence electrons. The molecule has 0 bridgehead atoms. The third kappa shape index (κ3) is 1.47. The van der Waals surface area contributed by atoms with Gasteiger partial charge in [0.05, 0.1) is 0 Å². The van der Waals surface area contributed by atoms with Crippen LogP contribution in [-0.2, 0) is 0 Å². The van der Waals surface area contributed by atoms with Crippen LogP contribution in [0.25, 0.3) is 11.3 Å². The van der Waals surface area contributed by atoms with Crippen LogP contribution in [0.2, 0.25) is 0 Å². The summed E-state index contributed by atoms with van der Waals surface area (Å²) in [4.78, 5) is 3.03. The molecular weight excluding hydrogens is 165 g/mol. The second kappa shape index (κ2) is 3.05. The monoisotopic (exact) mass is 175 g/mol. The molecule has 0 saturated carbocycles. The first kappa shape index (κ1) is 8.05. The lowest BCUT2D eigenvalue weighted by Crippen LogP contribution is -1.83. The van der Waals surface area contributed by atoms with Crippen molar-refractivity contribution >= 4 is 0 Å². The van der Waals surface area contributed by atoms with Crippen molar-refractivity contribution in [2.24, 2.45) is 0 Å². The van der Waals surface area contributed by atoms with Crippen molar-refractivity contribution in [1.29, 1.82) is 0 Å². The molecule has 1 nitrogen and oxygen atoms in total. The molecule has 0 unspecified atom stereocenters. The highest BCUT2D eigenvalue weighted by Crippen LogP contribution is 2.19. The summed E-state index contributed by atoms with van der Waals surface area (Å²) in [5.74, 6) is -0.160. The van der Waals surface area contributed by atoms with Gasteiger partial charge in [0.15, 0.2) is 0 Å². The summed E-state index contributed by atoms with van der Waals surface area (Å²) in [7, 11) is 0. The Morgan fingerprint density at radius 2 is 2.08 bits per heavy atom. The number of hydrogen-bond acceptors (Lipinski definition) is 0. The molecule has 1 heterocycles. The molecule has 1 aromatic carbocycles. The van der Waals surface area contributed by atoms with Crippen molar-refractivity contribution < 1.29 is 4.39 Å². The molecule has 0 amide bonds. The number of aromatic nitrogens is 1. The first-order valence-electron chi connectivity index (χ1n) is 4.17. The van der Waals surface area contributed by atoms with Gasteiger partial charge in [-0.2, -0.15) is 0 Å². The molecule has 0 aliphatic heterocycles. The van der Waals surface area contributed by atoms with Gasteiger partial charge in [0.1, 0.15) is 5.82 Å². The Morgan fingerprint density at radius 1 is 1.23 bits per heavy atom. The van der Waals surface area contributed by atoms with E-state index in [2.05, 4.69) is 4.98 Å². The van der Waals surface area contributed by atoms with Crippen LogP contribution in [-0.4, -0.2) is 4.98 Å². The minimum Gasteiger partial charge on any atom is -0.361 e. The molecule has 0 saturated heterocycles. The molecule has 0 atom stereocenters. The smallest absolute Gasteiger partial charge is 0.126 e. The van der Waals surface area contributed by atoms with Gasteiger partial charge in [0.2, 0.25) is 0 Å². The topological polar surface area (TPSA) is 15.8 Å². The number of rotatable bonds is 1. The van der Waals surface area contributed by atoms with Gasteiger partial charge in [-0.1, -0.05) is 12.1 Å². The first-order valence-corrected chi connectivity index (χ1v) is 4.17. The largest absolute Gasteiger partial charge is 0.361 e. The van der Waals surface area contributed by atoms with Gasteiger partial charge in [-0.05, 0) is 30.7 Å². The van der Waals surface area contributed by atoms with E-state index >= 15 is 0 Å². The summed E-state index contributed by atoms with van der Waals surface area (Å²) in [6, 6.07) is 9.05. The van der Waals surface area contributed by atoms with Gasteiger partial charge < -0.3 is 4.98 Å². The SMILES string of the molecule is Cc1ccc(-c2ccc[nH]2)cc1F. The molecule has 0 spiro atoms. The fraction of sp³-hybridized carbons (Fsp3) is 0.0909. The molecule has 13 heavy (non-hydrogen) atoms. The van der Waals surface area contributed by atoms with Gasteiger partial charge in [-0.25, -0.2) is 4.39 Å². The van der Waals surface area contributed by atoms with Crippen LogP contribution in [0.5, 0.6) is 0 Å². The van der Waals surface area contributed by atoms with E-state index in [1.807, 2.05) is 24.4 Å². The molecular formula is C11H10FN. The van der Waals surface area contributed by atoms with Crippen LogP contribution in [0.15, 0.2) is 36.5 Å². The Labute approximate surface area is 76.2 Å². The fourth-order valence-corrected chi connectivity index (χ4v) is 1.27. The minimum atomic E-state index is -0.160. The number of nitrogens with one attached hydrogen (secondary N) is 1. The van der Waals surface area contributed by atoms with Gasteiger partial charge in [-0.15, -0.1) is 0 Å². The molecule has 0 fully saturated rings. The predicted molar refractivity (Wildman–Crippen MR) is 50.9 cm³/mol. The van der Waals surface area contributed by atoms with Crippen LogP contribution in [0.1, 0.15) is 5.56 Å². The average molecular weight is 175 g/mol. The maximum Gasteiger partial charge on any atom is 0.126 e. The van der Waals surface area contributed by atoms with Crippen molar-refractivity contribution in [2.75, 3.05) is 0 Å². The predicted octanol–water partition coefficient (Wildman–Crippen LogP) is 3.13. The maximum atomic E-state index is 13.2. The van der Waals surface area contributed by atoms with Crippen molar-refractivity contribution in [3.63, 3.8) is 0 Å². The summed E-state index contributed by atoms with van der Waals surface area (Å²) < 4.78 is 13.2. The van der Waals surface area contributed by atoms with E-state index in [9.17, 15) is 4.39 Å². The second-order valence-corrected chi connectivity index (χ2v) is 3.05. The number of aromatic amines is 1. The third-order valence-electron chi connectivity index (χ3n) is 2.08. The normalized spacial score (nSPS) is 10.3. The summed E-state index contributed by atoms with van der Waals surface area (Å²) in [5.41, 5.74) is 2.50. The van der Waals surface area contributed by atoms with Crippen molar-refractivity contribution in [3.8, 4) is 11.3 Å². The van der Waals surface area contributed by atoms with Crippen molar-refractivity contribution in [3.05, 3.63) is 47.9 Å². The zero-order valence-corrected chi connectivity index (χ0v) is 7.34. The fourth-order valence-electron chi connectivity index (χ4n) is 1.27. The Morgan fingerprint density at radius 3 is 2.69 bits per heavy atom. The quantitative estimate of drug-likeness (QED) is 0.685. The lowest BCUT2D eigenvalue weighted by atomic mass is 10.1. The number of H-pyrrole nitrogens is 1. The van der Waals surface area contributed by atoms with Crippen LogP contribution >= 0.6 is 0 Å². The molecule has 1 N–H and O–H groups in total. The second-order valence-electron chi connectivity index (χ2n) is 3.05.